The van der Waals surface area contributed by atoms with E-state index in [1.807, 2.05) is 42.5 Å². The van der Waals surface area contributed by atoms with Crippen LogP contribution in [-0.2, 0) is 0 Å². The van der Waals surface area contributed by atoms with E-state index in [1.165, 1.54) is 7.11 Å². The molecule has 2 heterocycles. The van der Waals surface area contributed by atoms with E-state index in [1.54, 1.807) is 25.3 Å². The van der Waals surface area contributed by atoms with Crippen molar-refractivity contribution < 1.29 is 14.3 Å². The minimum absolute atomic E-state index is 0.253. The Balaban J connectivity index is 1.50. The summed E-state index contributed by atoms with van der Waals surface area (Å²) in [5.74, 6) is 0.811. The van der Waals surface area contributed by atoms with E-state index >= 15 is 0 Å². The Morgan fingerprint density at radius 1 is 0.900 bits per heavy atom. The number of carbonyl (C=O) groups is 1. The highest BCUT2D eigenvalue weighted by Crippen LogP contribution is 2.29. The number of hydrogen-bond acceptors (Lipinski definition) is 5. The average Bonchev–Trinajstić information content (AvgIpc) is 3.14. The molecule has 148 valence electrons. The van der Waals surface area contributed by atoms with Crippen LogP contribution in [-0.4, -0.2) is 35.1 Å². The molecule has 0 aliphatic rings. The molecule has 0 spiro atoms. The molecule has 0 radical (unpaired) electrons. The van der Waals surface area contributed by atoms with Gasteiger partial charge < -0.3 is 19.8 Å². The van der Waals surface area contributed by atoms with Crippen molar-refractivity contribution in [1.29, 1.82) is 0 Å². The number of aromatic amines is 1. The number of H-pyrrole nitrogens is 1. The number of hydrogen-bond donors (Lipinski definition) is 2. The maximum atomic E-state index is 12.7. The molecule has 2 aromatic heterocycles. The number of aromatic nitrogens is 3. The minimum atomic E-state index is -0.253. The van der Waals surface area contributed by atoms with Gasteiger partial charge in [-0.2, -0.15) is 0 Å². The normalized spacial score (nSPS) is 11.1. The fourth-order valence-electron chi connectivity index (χ4n) is 3.51. The smallest absolute Gasteiger partial charge is 0.255 e. The van der Waals surface area contributed by atoms with Crippen LogP contribution in [0.1, 0.15) is 10.4 Å². The summed E-state index contributed by atoms with van der Waals surface area (Å²) in [6.07, 6.45) is 0. The third-order valence-electron chi connectivity index (χ3n) is 5.00. The number of rotatable bonds is 4. The highest BCUT2D eigenvalue weighted by molar-refractivity contribution is 6.07. The van der Waals surface area contributed by atoms with Gasteiger partial charge in [-0.05, 0) is 42.5 Å². The largest absolute Gasteiger partial charge is 0.493 e. The van der Waals surface area contributed by atoms with Gasteiger partial charge in [-0.25, -0.2) is 9.97 Å². The standard InChI is InChI=1S/C23H18N4O3/c1-29-19-10-7-13(11-20(19)30-2)23(28)24-14-8-9-17-18(12-14)25-21-15-5-3-4-6-16(15)26-22(21)27-17/h3-12H,1-2H3,(H,24,28)(H,26,27). The summed E-state index contributed by atoms with van der Waals surface area (Å²) in [4.78, 5) is 25.5. The predicted octanol–water partition coefficient (Wildman–Crippen LogP) is 4.53. The zero-order valence-corrected chi connectivity index (χ0v) is 16.4. The number of ether oxygens (including phenoxy) is 2. The van der Waals surface area contributed by atoms with Crippen LogP contribution in [0, 0.1) is 0 Å². The first-order valence-corrected chi connectivity index (χ1v) is 9.38. The lowest BCUT2D eigenvalue weighted by Crippen LogP contribution is -2.12. The van der Waals surface area contributed by atoms with Crippen molar-refractivity contribution in [3.8, 4) is 11.5 Å². The van der Waals surface area contributed by atoms with E-state index in [2.05, 4.69) is 15.3 Å². The van der Waals surface area contributed by atoms with Crippen molar-refractivity contribution in [2.45, 2.75) is 0 Å². The summed E-state index contributed by atoms with van der Waals surface area (Å²) in [5.41, 5.74) is 5.09. The Morgan fingerprint density at radius 2 is 1.73 bits per heavy atom. The Bertz CT molecular complexity index is 1420. The molecule has 0 unspecified atom stereocenters. The molecule has 5 rings (SSSR count). The number of fused-ring (bicyclic) bond motifs is 4. The summed E-state index contributed by atoms with van der Waals surface area (Å²) in [7, 11) is 3.09. The van der Waals surface area contributed by atoms with Gasteiger partial charge in [-0.15, -0.1) is 0 Å². The number of methoxy groups -OCH3 is 2. The summed E-state index contributed by atoms with van der Waals surface area (Å²) < 4.78 is 10.5. The highest BCUT2D eigenvalue weighted by Gasteiger charge is 2.13. The molecule has 0 bridgehead atoms. The second-order valence-corrected chi connectivity index (χ2v) is 6.82. The molecule has 30 heavy (non-hydrogen) atoms. The van der Waals surface area contributed by atoms with Gasteiger partial charge >= 0.3 is 0 Å². The quantitative estimate of drug-likeness (QED) is 0.464. The Labute approximate surface area is 171 Å². The van der Waals surface area contributed by atoms with Crippen molar-refractivity contribution in [2.75, 3.05) is 19.5 Å². The molecule has 5 aromatic rings. The van der Waals surface area contributed by atoms with Gasteiger partial charge in [-0.3, -0.25) is 4.79 Å². The fraction of sp³-hybridized carbons (Fsp3) is 0.0870. The first-order valence-electron chi connectivity index (χ1n) is 9.38. The molecular weight excluding hydrogens is 380 g/mol. The molecule has 0 atom stereocenters. The van der Waals surface area contributed by atoms with Crippen molar-refractivity contribution in [2.24, 2.45) is 0 Å². The topological polar surface area (TPSA) is 89.1 Å². The van der Waals surface area contributed by atoms with Crippen molar-refractivity contribution in [3.63, 3.8) is 0 Å². The molecule has 2 N–H and O–H groups in total. The number of para-hydroxylation sites is 1. The molecule has 7 heteroatoms. The number of benzene rings is 3. The first kappa shape index (κ1) is 17.9. The van der Waals surface area contributed by atoms with Gasteiger partial charge in [0.05, 0.1) is 25.3 Å². The average molecular weight is 398 g/mol. The minimum Gasteiger partial charge on any atom is -0.493 e. The van der Waals surface area contributed by atoms with Crippen LogP contribution < -0.4 is 14.8 Å². The maximum Gasteiger partial charge on any atom is 0.255 e. The van der Waals surface area contributed by atoms with Crippen LogP contribution in [0.4, 0.5) is 5.69 Å². The molecule has 0 aliphatic carbocycles. The molecule has 0 saturated carbocycles. The van der Waals surface area contributed by atoms with E-state index in [9.17, 15) is 4.79 Å². The van der Waals surface area contributed by atoms with Crippen LogP contribution in [0.5, 0.6) is 11.5 Å². The maximum absolute atomic E-state index is 12.7. The SMILES string of the molecule is COc1ccc(C(=O)Nc2ccc3nc4[nH]c5ccccc5c4nc3c2)cc1OC. The molecule has 0 saturated heterocycles. The van der Waals surface area contributed by atoms with E-state index < -0.39 is 0 Å². The van der Waals surface area contributed by atoms with Crippen molar-refractivity contribution >= 4 is 44.7 Å². The Hall–Kier alpha value is -4.13. The van der Waals surface area contributed by atoms with Crippen LogP contribution in [0.2, 0.25) is 0 Å². The lowest BCUT2D eigenvalue weighted by atomic mass is 10.1. The van der Waals surface area contributed by atoms with E-state index in [-0.39, 0.29) is 5.91 Å². The number of carbonyl (C=O) groups excluding carboxylic acids is 1. The molecule has 3 aromatic carbocycles. The first-order chi connectivity index (χ1) is 14.7. The number of amides is 1. The van der Waals surface area contributed by atoms with Crippen LogP contribution in [0.3, 0.4) is 0 Å². The predicted molar refractivity (Wildman–Crippen MR) is 116 cm³/mol. The molecule has 1 amide bonds. The van der Waals surface area contributed by atoms with Crippen LogP contribution >= 0.6 is 0 Å². The van der Waals surface area contributed by atoms with Gasteiger partial charge in [0.15, 0.2) is 17.1 Å². The molecule has 7 nitrogen and oxygen atoms in total. The zero-order valence-electron chi connectivity index (χ0n) is 16.4. The lowest BCUT2D eigenvalue weighted by Gasteiger charge is -2.10. The van der Waals surface area contributed by atoms with E-state index in [4.69, 9.17) is 14.5 Å². The summed E-state index contributed by atoms with van der Waals surface area (Å²) in [6.45, 7) is 0. The molecular formula is C23H18N4O3. The van der Waals surface area contributed by atoms with Gasteiger partial charge in [0.2, 0.25) is 0 Å². The van der Waals surface area contributed by atoms with Crippen molar-refractivity contribution in [1.82, 2.24) is 15.0 Å². The third-order valence-corrected chi connectivity index (χ3v) is 5.00. The van der Waals surface area contributed by atoms with Gasteiger partial charge in [0.1, 0.15) is 5.52 Å². The monoisotopic (exact) mass is 398 g/mol. The Morgan fingerprint density at radius 3 is 2.57 bits per heavy atom. The van der Waals surface area contributed by atoms with Crippen LogP contribution in [0.25, 0.3) is 33.1 Å². The lowest BCUT2D eigenvalue weighted by molar-refractivity contribution is 0.102. The van der Waals surface area contributed by atoms with Gasteiger partial charge in [0.25, 0.3) is 5.91 Å². The molecule has 0 aliphatic heterocycles. The van der Waals surface area contributed by atoms with Gasteiger partial charge in [0, 0.05) is 22.2 Å². The second-order valence-electron chi connectivity index (χ2n) is 6.82. The molecule has 0 fully saturated rings. The second kappa shape index (κ2) is 7.04. The number of anilines is 1. The van der Waals surface area contributed by atoms with Crippen molar-refractivity contribution in [3.05, 3.63) is 66.2 Å². The van der Waals surface area contributed by atoms with Crippen LogP contribution in [0.15, 0.2) is 60.7 Å². The number of nitrogens with one attached hydrogen (secondary N) is 2. The zero-order chi connectivity index (χ0) is 20.7. The van der Waals surface area contributed by atoms with E-state index in [0.717, 1.165) is 27.6 Å². The number of nitrogens with zero attached hydrogens (tertiary/aromatic N) is 2. The Kier molecular flexibility index (Phi) is 4.21. The fourth-order valence-corrected chi connectivity index (χ4v) is 3.51. The van der Waals surface area contributed by atoms with Gasteiger partial charge in [-0.1, -0.05) is 18.2 Å². The summed E-state index contributed by atoms with van der Waals surface area (Å²) in [5, 5.41) is 3.92. The third kappa shape index (κ3) is 2.97. The highest BCUT2D eigenvalue weighted by atomic mass is 16.5. The van der Waals surface area contributed by atoms with E-state index in [0.29, 0.717) is 28.3 Å². The summed E-state index contributed by atoms with van der Waals surface area (Å²) >= 11 is 0. The summed E-state index contributed by atoms with van der Waals surface area (Å²) in [6, 6.07) is 18.5.